The van der Waals surface area contributed by atoms with Gasteiger partial charge in [0.15, 0.2) is 11.6 Å². The lowest BCUT2D eigenvalue weighted by molar-refractivity contribution is 0.254. The number of hydrogen-bond donors (Lipinski definition) is 2. The number of aliphatic hydroxyl groups is 1. The third-order valence-electron chi connectivity index (χ3n) is 2.24. The highest BCUT2D eigenvalue weighted by Crippen LogP contribution is 2.14. The van der Waals surface area contributed by atoms with Gasteiger partial charge in [0.2, 0.25) is 10.0 Å². The van der Waals surface area contributed by atoms with Crippen molar-refractivity contribution >= 4 is 10.0 Å². The van der Waals surface area contributed by atoms with Gasteiger partial charge in [-0.15, -0.1) is 0 Å². The van der Waals surface area contributed by atoms with Crippen LogP contribution in [0.15, 0.2) is 23.1 Å². The zero-order valence-electron chi connectivity index (χ0n) is 9.15. The molecule has 0 heterocycles. The van der Waals surface area contributed by atoms with Crippen LogP contribution < -0.4 is 4.72 Å². The summed E-state index contributed by atoms with van der Waals surface area (Å²) in [6.45, 7) is 1.33. The molecular formula is C10H13F2NO3S. The molecule has 0 aliphatic heterocycles. The van der Waals surface area contributed by atoms with Gasteiger partial charge in [0.25, 0.3) is 0 Å². The number of nitrogens with one attached hydrogen (secondary N) is 1. The fourth-order valence-corrected chi connectivity index (χ4v) is 2.50. The molecule has 96 valence electrons. The quantitative estimate of drug-likeness (QED) is 0.835. The second kappa shape index (κ2) is 5.52. The minimum absolute atomic E-state index is 0.362. The number of hydrogen-bond acceptors (Lipinski definition) is 3. The van der Waals surface area contributed by atoms with Crippen molar-refractivity contribution in [2.24, 2.45) is 0 Å². The molecule has 1 rings (SSSR count). The molecule has 0 aromatic heterocycles. The minimum atomic E-state index is -3.94. The Balaban J connectivity index is 3.01. The van der Waals surface area contributed by atoms with Gasteiger partial charge in [-0.1, -0.05) is 6.92 Å². The Morgan fingerprint density at radius 3 is 2.47 bits per heavy atom. The Morgan fingerprint density at radius 1 is 1.35 bits per heavy atom. The topological polar surface area (TPSA) is 66.4 Å². The molecule has 0 fully saturated rings. The van der Waals surface area contributed by atoms with Gasteiger partial charge in [0.05, 0.1) is 11.5 Å². The van der Waals surface area contributed by atoms with Gasteiger partial charge in [-0.3, -0.25) is 0 Å². The predicted octanol–water partition coefficient (Wildman–Crippen LogP) is 1.01. The normalized spacial score (nSPS) is 13.6. The minimum Gasteiger partial charge on any atom is -0.395 e. The standard InChI is InChI=1S/C10H13F2NO3S/c1-2-7(6-14)13-17(15,16)8-3-4-9(11)10(12)5-8/h3-5,7,13-14H,2,6H2,1H3/t7-/m0/s1. The van der Waals surface area contributed by atoms with E-state index in [0.717, 1.165) is 12.1 Å². The van der Waals surface area contributed by atoms with Gasteiger partial charge in [-0.2, -0.15) is 0 Å². The van der Waals surface area contributed by atoms with Crippen molar-refractivity contribution in [3.63, 3.8) is 0 Å². The van der Waals surface area contributed by atoms with Crippen LogP contribution in [0.4, 0.5) is 8.78 Å². The number of sulfonamides is 1. The highest BCUT2D eigenvalue weighted by Gasteiger charge is 2.19. The lowest BCUT2D eigenvalue weighted by Gasteiger charge is -2.14. The molecule has 1 aromatic carbocycles. The fraction of sp³-hybridized carbons (Fsp3) is 0.400. The Morgan fingerprint density at radius 2 is 2.00 bits per heavy atom. The van der Waals surface area contributed by atoms with E-state index in [-0.39, 0.29) is 11.5 Å². The Kier molecular flexibility index (Phi) is 4.55. The maximum atomic E-state index is 12.9. The van der Waals surface area contributed by atoms with E-state index < -0.39 is 27.7 Å². The van der Waals surface area contributed by atoms with Crippen LogP contribution in [-0.2, 0) is 10.0 Å². The lowest BCUT2D eigenvalue weighted by atomic mass is 10.3. The zero-order chi connectivity index (χ0) is 13.1. The van der Waals surface area contributed by atoms with E-state index in [4.69, 9.17) is 5.11 Å². The molecule has 0 bridgehead atoms. The first-order valence-corrected chi connectivity index (χ1v) is 6.47. The summed E-state index contributed by atoms with van der Waals surface area (Å²) in [5.74, 6) is -2.34. The summed E-state index contributed by atoms with van der Waals surface area (Å²) < 4.78 is 51.2. The molecule has 0 unspecified atom stereocenters. The second-order valence-electron chi connectivity index (χ2n) is 3.48. The Bertz CT molecular complexity index is 486. The molecule has 4 nitrogen and oxygen atoms in total. The Hall–Kier alpha value is -1.05. The van der Waals surface area contributed by atoms with E-state index in [0.29, 0.717) is 12.5 Å². The molecule has 0 aliphatic carbocycles. The monoisotopic (exact) mass is 265 g/mol. The molecule has 0 spiro atoms. The van der Waals surface area contributed by atoms with E-state index in [1.54, 1.807) is 6.92 Å². The van der Waals surface area contributed by atoms with Gasteiger partial charge >= 0.3 is 0 Å². The molecule has 0 aliphatic rings. The molecule has 0 saturated heterocycles. The van der Waals surface area contributed by atoms with Gasteiger partial charge in [-0.25, -0.2) is 21.9 Å². The van der Waals surface area contributed by atoms with Crippen LogP contribution in [0.25, 0.3) is 0 Å². The number of rotatable bonds is 5. The molecule has 17 heavy (non-hydrogen) atoms. The highest BCUT2D eigenvalue weighted by molar-refractivity contribution is 7.89. The summed E-state index contributed by atoms with van der Waals surface area (Å²) in [7, 11) is -3.94. The first kappa shape index (κ1) is 14.0. The molecule has 2 N–H and O–H groups in total. The first-order chi connectivity index (χ1) is 7.90. The van der Waals surface area contributed by atoms with E-state index in [2.05, 4.69) is 4.72 Å². The number of aliphatic hydroxyl groups excluding tert-OH is 1. The molecule has 7 heteroatoms. The van der Waals surface area contributed by atoms with Crippen molar-refractivity contribution in [2.45, 2.75) is 24.3 Å². The van der Waals surface area contributed by atoms with Crippen molar-refractivity contribution in [1.29, 1.82) is 0 Å². The van der Waals surface area contributed by atoms with Crippen molar-refractivity contribution < 1.29 is 22.3 Å². The van der Waals surface area contributed by atoms with Gasteiger partial charge in [-0.05, 0) is 24.6 Å². The van der Waals surface area contributed by atoms with Gasteiger partial charge < -0.3 is 5.11 Å². The summed E-state index contributed by atoms with van der Waals surface area (Å²) in [5.41, 5.74) is 0. The van der Waals surface area contributed by atoms with Gasteiger partial charge in [0.1, 0.15) is 0 Å². The second-order valence-corrected chi connectivity index (χ2v) is 5.20. The van der Waals surface area contributed by atoms with Crippen LogP contribution in [0.1, 0.15) is 13.3 Å². The highest BCUT2D eigenvalue weighted by atomic mass is 32.2. The van der Waals surface area contributed by atoms with E-state index in [1.807, 2.05) is 0 Å². The lowest BCUT2D eigenvalue weighted by Crippen LogP contribution is -2.36. The molecule has 0 radical (unpaired) electrons. The molecular weight excluding hydrogens is 252 g/mol. The van der Waals surface area contributed by atoms with Crippen molar-refractivity contribution in [1.82, 2.24) is 4.72 Å². The van der Waals surface area contributed by atoms with E-state index in [1.165, 1.54) is 0 Å². The summed E-state index contributed by atoms with van der Waals surface area (Å²) in [6.07, 6.45) is 0.388. The average molecular weight is 265 g/mol. The largest absolute Gasteiger partial charge is 0.395 e. The SMILES string of the molecule is CC[C@@H](CO)NS(=O)(=O)c1ccc(F)c(F)c1. The maximum absolute atomic E-state index is 12.9. The van der Waals surface area contributed by atoms with Crippen LogP contribution in [0.2, 0.25) is 0 Å². The summed E-state index contributed by atoms with van der Waals surface area (Å²) in [5, 5.41) is 8.87. The number of benzene rings is 1. The smallest absolute Gasteiger partial charge is 0.241 e. The van der Waals surface area contributed by atoms with Crippen molar-refractivity contribution in [3.05, 3.63) is 29.8 Å². The predicted molar refractivity (Wildman–Crippen MR) is 57.8 cm³/mol. The maximum Gasteiger partial charge on any atom is 0.241 e. The van der Waals surface area contributed by atoms with Crippen LogP contribution in [0.5, 0.6) is 0 Å². The Labute approximate surface area is 98.3 Å². The summed E-state index contributed by atoms with van der Waals surface area (Å²) in [4.78, 5) is -0.372. The average Bonchev–Trinajstić information content (AvgIpc) is 2.29. The third kappa shape index (κ3) is 3.45. The zero-order valence-corrected chi connectivity index (χ0v) is 9.97. The van der Waals surface area contributed by atoms with Gasteiger partial charge in [0, 0.05) is 6.04 Å². The van der Waals surface area contributed by atoms with Crippen LogP contribution in [-0.4, -0.2) is 26.2 Å². The van der Waals surface area contributed by atoms with E-state index in [9.17, 15) is 17.2 Å². The summed E-state index contributed by atoms with van der Waals surface area (Å²) in [6, 6.07) is 1.66. The third-order valence-corrected chi connectivity index (χ3v) is 3.75. The molecule has 0 saturated carbocycles. The van der Waals surface area contributed by atoms with E-state index >= 15 is 0 Å². The number of halogens is 2. The van der Waals surface area contributed by atoms with Crippen LogP contribution in [0.3, 0.4) is 0 Å². The fourth-order valence-electron chi connectivity index (χ4n) is 1.18. The van der Waals surface area contributed by atoms with Crippen molar-refractivity contribution in [3.8, 4) is 0 Å². The van der Waals surface area contributed by atoms with Crippen molar-refractivity contribution in [2.75, 3.05) is 6.61 Å². The van der Waals surface area contributed by atoms with Crippen LogP contribution in [0, 0.1) is 11.6 Å². The molecule has 1 aromatic rings. The van der Waals surface area contributed by atoms with Crippen LogP contribution >= 0.6 is 0 Å². The molecule has 0 amide bonds. The first-order valence-electron chi connectivity index (χ1n) is 4.99. The summed E-state index contributed by atoms with van der Waals surface area (Å²) >= 11 is 0. The molecule has 1 atom stereocenters.